The number of nitrogens with one attached hydrogen (secondary N) is 2. The molecule has 0 aromatic carbocycles. The summed E-state index contributed by atoms with van der Waals surface area (Å²) in [5.41, 5.74) is 0. The molecule has 0 aromatic rings. The van der Waals surface area contributed by atoms with Gasteiger partial charge in [0.25, 0.3) is 0 Å². The Morgan fingerprint density at radius 1 is 1.20 bits per heavy atom. The molecule has 2 unspecified atom stereocenters. The van der Waals surface area contributed by atoms with Gasteiger partial charge in [0.1, 0.15) is 12.1 Å². The average Bonchev–Trinajstić information content (AvgIpc) is 3.22. The Hall–Kier alpha value is -1.79. The zero-order chi connectivity index (χ0) is 14.7. The lowest BCUT2D eigenvalue weighted by atomic mass is 10.0. The lowest BCUT2D eigenvalue weighted by Gasteiger charge is -2.33. The smallest absolute Gasteiger partial charge is 0.326 e. The van der Waals surface area contributed by atoms with Gasteiger partial charge in [0.2, 0.25) is 5.91 Å². The molecule has 0 aromatic heterocycles. The summed E-state index contributed by atoms with van der Waals surface area (Å²) in [5.74, 6) is -1.21. The standard InChI is InChI=1S/C13H21N3O4/c1-8(11(17)15-9-5-6-9)14-13(20)16-7-3-2-4-10(16)12(18)19/h8-10H,2-7H2,1H3,(H,14,20)(H,15,17)(H,18,19). The SMILES string of the molecule is CC(NC(=O)N1CCCCC1C(=O)O)C(=O)NC1CC1. The molecule has 1 heterocycles. The van der Waals surface area contributed by atoms with Gasteiger partial charge < -0.3 is 20.6 Å². The lowest BCUT2D eigenvalue weighted by molar-refractivity contribution is -0.143. The molecule has 112 valence electrons. The topological polar surface area (TPSA) is 98.7 Å². The number of hydrogen-bond donors (Lipinski definition) is 3. The normalized spacial score (nSPS) is 23.9. The number of rotatable bonds is 4. The third kappa shape index (κ3) is 3.61. The number of hydrogen-bond acceptors (Lipinski definition) is 3. The van der Waals surface area contributed by atoms with Gasteiger partial charge in [-0.05, 0) is 39.0 Å². The number of amides is 3. The molecule has 3 N–H and O–H groups in total. The van der Waals surface area contributed by atoms with Crippen LogP contribution in [0.3, 0.4) is 0 Å². The van der Waals surface area contributed by atoms with Crippen LogP contribution in [-0.4, -0.2) is 52.6 Å². The van der Waals surface area contributed by atoms with Crippen molar-refractivity contribution in [2.75, 3.05) is 6.54 Å². The Morgan fingerprint density at radius 3 is 2.50 bits per heavy atom. The minimum absolute atomic E-state index is 0.218. The van der Waals surface area contributed by atoms with Crippen molar-refractivity contribution in [2.24, 2.45) is 0 Å². The summed E-state index contributed by atoms with van der Waals surface area (Å²) in [6.07, 6.45) is 4.03. The minimum Gasteiger partial charge on any atom is -0.480 e. The molecule has 20 heavy (non-hydrogen) atoms. The van der Waals surface area contributed by atoms with Crippen LogP contribution in [0.4, 0.5) is 4.79 Å². The van der Waals surface area contributed by atoms with Gasteiger partial charge >= 0.3 is 12.0 Å². The lowest BCUT2D eigenvalue weighted by Crippen LogP contribution is -2.55. The first-order valence-electron chi connectivity index (χ1n) is 7.09. The van der Waals surface area contributed by atoms with Gasteiger partial charge in [-0.3, -0.25) is 4.79 Å². The molecular weight excluding hydrogens is 262 g/mol. The Balaban J connectivity index is 1.88. The number of carbonyl (C=O) groups is 3. The number of urea groups is 1. The molecule has 1 saturated carbocycles. The highest BCUT2D eigenvalue weighted by Crippen LogP contribution is 2.19. The molecule has 2 aliphatic rings. The summed E-state index contributed by atoms with van der Waals surface area (Å²) in [7, 11) is 0. The number of piperidine rings is 1. The van der Waals surface area contributed by atoms with Gasteiger partial charge in [0.15, 0.2) is 0 Å². The van der Waals surface area contributed by atoms with E-state index in [4.69, 9.17) is 5.11 Å². The van der Waals surface area contributed by atoms with Crippen molar-refractivity contribution >= 4 is 17.9 Å². The van der Waals surface area contributed by atoms with Crippen molar-refractivity contribution in [3.8, 4) is 0 Å². The molecule has 2 rings (SSSR count). The van der Waals surface area contributed by atoms with Crippen molar-refractivity contribution in [2.45, 2.75) is 57.2 Å². The van der Waals surface area contributed by atoms with Crippen LogP contribution in [0.5, 0.6) is 0 Å². The van der Waals surface area contributed by atoms with E-state index in [0.717, 1.165) is 25.7 Å². The van der Waals surface area contributed by atoms with Crippen molar-refractivity contribution in [3.63, 3.8) is 0 Å². The number of aliphatic carboxylic acids is 1. The Labute approximate surface area is 117 Å². The van der Waals surface area contributed by atoms with Gasteiger partial charge in [-0.25, -0.2) is 9.59 Å². The van der Waals surface area contributed by atoms with Crippen LogP contribution >= 0.6 is 0 Å². The molecular formula is C13H21N3O4. The monoisotopic (exact) mass is 283 g/mol. The molecule has 7 heteroatoms. The van der Waals surface area contributed by atoms with Crippen molar-refractivity contribution in [1.29, 1.82) is 0 Å². The van der Waals surface area contributed by atoms with E-state index >= 15 is 0 Å². The molecule has 3 amide bonds. The van der Waals surface area contributed by atoms with Crippen molar-refractivity contribution < 1.29 is 19.5 Å². The largest absolute Gasteiger partial charge is 0.480 e. The van der Waals surface area contributed by atoms with Crippen molar-refractivity contribution in [1.82, 2.24) is 15.5 Å². The second-order valence-electron chi connectivity index (χ2n) is 5.50. The van der Waals surface area contributed by atoms with Crippen LogP contribution in [0.1, 0.15) is 39.0 Å². The first-order valence-corrected chi connectivity index (χ1v) is 7.09. The number of carboxylic acids is 1. The first-order chi connectivity index (χ1) is 9.49. The third-order valence-electron chi connectivity index (χ3n) is 3.71. The number of carboxylic acid groups (broad SMARTS) is 1. The Kier molecular flexibility index (Phi) is 4.46. The maximum Gasteiger partial charge on any atom is 0.326 e. The maximum atomic E-state index is 12.1. The molecule has 1 aliphatic carbocycles. The predicted molar refractivity (Wildman–Crippen MR) is 71.1 cm³/mol. The fourth-order valence-electron chi connectivity index (χ4n) is 2.32. The van der Waals surface area contributed by atoms with E-state index < -0.39 is 24.1 Å². The predicted octanol–water partition coefficient (Wildman–Crippen LogP) is 0.302. The summed E-state index contributed by atoms with van der Waals surface area (Å²) in [6.45, 7) is 2.02. The molecule has 2 atom stereocenters. The summed E-state index contributed by atoms with van der Waals surface area (Å²) in [5, 5.41) is 14.5. The van der Waals surface area contributed by atoms with E-state index in [1.807, 2.05) is 0 Å². The van der Waals surface area contributed by atoms with E-state index in [2.05, 4.69) is 10.6 Å². The van der Waals surface area contributed by atoms with Crippen LogP contribution in [0.2, 0.25) is 0 Å². The Morgan fingerprint density at radius 2 is 1.90 bits per heavy atom. The second-order valence-corrected chi connectivity index (χ2v) is 5.50. The second kappa shape index (κ2) is 6.11. The zero-order valence-corrected chi connectivity index (χ0v) is 11.6. The summed E-state index contributed by atoms with van der Waals surface area (Å²) < 4.78 is 0. The van der Waals surface area contributed by atoms with Gasteiger partial charge in [-0.1, -0.05) is 0 Å². The number of likely N-dealkylation sites (tertiary alicyclic amines) is 1. The molecule has 0 spiro atoms. The van der Waals surface area contributed by atoms with Crippen molar-refractivity contribution in [3.05, 3.63) is 0 Å². The molecule has 0 bridgehead atoms. The van der Waals surface area contributed by atoms with E-state index in [-0.39, 0.29) is 11.9 Å². The third-order valence-corrected chi connectivity index (χ3v) is 3.71. The molecule has 1 aliphatic heterocycles. The van der Waals surface area contributed by atoms with Crippen LogP contribution in [-0.2, 0) is 9.59 Å². The average molecular weight is 283 g/mol. The fourth-order valence-corrected chi connectivity index (χ4v) is 2.32. The molecule has 2 fully saturated rings. The van der Waals surface area contributed by atoms with Gasteiger partial charge in [0, 0.05) is 12.6 Å². The van der Waals surface area contributed by atoms with Gasteiger partial charge in [-0.2, -0.15) is 0 Å². The quantitative estimate of drug-likeness (QED) is 0.691. The van der Waals surface area contributed by atoms with E-state index in [0.29, 0.717) is 13.0 Å². The summed E-state index contributed by atoms with van der Waals surface area (Å²) in [4.78, 5) is 36.3. The highest BCUT2D eigenvalue weighted by Gasteiger charge is 2.33. The fraction of sp³-hybridized carbons (Fsp3) is 0.769. The first kappa shape index (κ1) is 14.6. The molecule has 7 nitrogen and oxygen atoms in total. The van der Waals surface area contributed by atoms with Crippen LogP contribution in [0, 0.1) is 0 Å². The van der Waals surface area contributed by atoms with Gasteiger partial charge in [-0.15, -0.1) is 0 Å². The summed E-state index contributed by atoms with van der Waals surface area (Å²) >= 11 is 0. The highest BCUT2D eigenvalue weighted by molar-refractivity contribution is 5.88. The minimum atomic E-state index is -0.991. The summed E-state index contributed by atoms with van der Waals surface area (Å²) in [6, 6.07) is -1.68. The van der Waals surface area contributed by atoms with Crippen LogP contribution in [0.15, 0.2) is 0 Å². The van der Waals surface area contributed by atoms with E-state index in [1.54, 1.807) is 6.92 Å². The van der Waals surface area contributed by atoms with E-state index in [9.17, 15) is 14.4 Å². The molecule has 0 radical (unpaired) electrons. The van der Waals surface area contributed by atoms with Crippen LogP contribution < -0.4 is 10.6 Å². The van der Waals surface area contributed by atoms with E-state index in [1.165, 1.54) is 4.90 Å². The number of carbonyl (C=O) groups excluding carboxylic acids is 2. The maximum absolute atomic E-state index is 12.1. The molecule has 1 saturated heterocycles. The zero-order valence-electron chi connectivity index (χ0n) is 11.6. The van der Waals surface area contributed by atoms with Crippen LogP contribution in [0.25, 0.3) is 0 Å². The Bertz CT molecular complexity index is 408. The van der Waals surface area contributed by atoms with Gasteiger partial charge in [0.05, 0.1) is 0 Å². The highest BCUT2D eigenvalue weighted by atomic mass is 16.4. The number of nitrogens with zero attached hydrogens (tertiary/aromatic N) is 1.